The highest BCUT2D eigenvalue weighted by Crippen LogP contribution is 2.22. The van der Waals surface area contributed by atoms with Gasteiger partial charge in [0, 0.05) is 39.4 Å². The molecule has 1 fully saturated rings. The van der Waals surface area contributed by atoms with Crippen LogP contribution in [-0.2, 0) is 10.0 Å². The Balaban J connectivity index is 2.30. The first-order valence-electron chi connectivity index (χ1n) is 5.87. The maximum Gasteiger partial charge on any atom is 0.246 e. The zero-order chi connectivity index (χ0) is 13.2. The molecular weight excluding hydrogens is 252 g/mol. The Hall–Kier alpha value is -1.18. The van der Waals surface area contributed by atoms with Gasteiger partial charge in [0.2, 0.25) is 10.0 Å². The minimum absolute atomic E-state index is 0.247. The maximum atomic E-state index is 12.5. The molecule has 1 aliphatic rings. The van der Waals surface area contributed by atoms with Crippen molar-refractivity contribution in [1.29, 1.82) is 0 Å². The predicted octanol–water partition coefficient (Wildman–Crippen LogP) is 0.0594. The van der Waals surface area contributed by atoms with E-state index in [1.54, 1.807) is 25.4 Å². The number of hydrogen-bond donors (Lipinski definition) is 1. The van der Waals surface area contributed by atoms with E-state index in [0.717, 1.165) is 13.1 Å². The summed E-state index contributed by atoms with van der Waals surface area (Å²) in [4.78, 5) is 6.41. The summed E-state index contributed by atoms with van der Waals surface area (Å²) in [5, 5.41) is 2.82. The summed E-state index contributed by atoms with van der Waals surface area (Å²) in [7, 11) is 0.219. The second-order valence-corrected chi connectivity index (χ2v) is 6.21. The monoisotopic (exact) mass is 270 g/mol. The summed E-state index contributed by atoms with van der Waals surface area (Å²) >= 11 is 0. The molecule has 1 aromatic rings. The van der Waals surface area contributed by atoms with Crippen LogP contribution in [0.25, 0.3) is 0 Å². The molecule has 1 saturated heterocycles. The van der Waals surface area contributed by atoms with Crippen molar-refractivity contribution >= 4 is 15.8 Å². The number of nitrogens with zero attached hydrogens (tertiary/aromatic N) is 3. The quantitative estimate of drug-likeness (QED) is 0.841. The lowest BCUT2D eigenvalue weighted by Gasteiger charge is -2.31. The van der Waals surface area contributed by atoms with Crippen molar-refractivity contribution in [2.45, 2.75) is 4.90 Å². The number of hydrogen-bond acceptors (Lipinski definition) is 5. The molecule has 0 amide bonds. The summed E-state index contributed by atoms with van der Waals surface area (Å²) in [5.74, 6) is 0.399. The number of rotatable bonds is 3. The lowest BCUT2D eigenvalue weighted by atomic mass is 10.4. The van der Waals surface area contributed by atoms with Crippen LogP contribution >= 0.6 is 0 Å². The Morgan fingerprint density at radius 2 is 1.94 bits per heavy atom. The molecule has 0 unspecified atom stereocenters. The highest BCUT2D eigenvalue weighted by Gasteiger charge is 2.29. The molecule has 0 radical (unpaired) electrons. The summed E-state index contributed by atoms with van der Waals surface area (Å²) in [6, 6.07) is 3.23. The molecule has 0 aliphatic carbocycles. The fourth-order valence-electron chi connectivity index (χ4n) is 1.95. The largest absolute Gasteiger partial charge is 0.372 e. The van der Waals surface area contributed by atoms with Crippen LogP contribution in [0.3, 0.4) is 0 Å². The molecule has 1 N–H and O–H groups in total. The van der Waals surface area contributed by atoms with E-state index in [1.807, 2.05) is 7.05 Å². The summed E-state index contributed by atoms with van der Waals surface area (Å²) in [6.07, 6.45) is 1.58. The van der Waals surface area contributed by atoms with Gasteiger partial charge >= 0.3 is 0 Å². The summed E-state index contributed by atoms with van der Waals surface area (Å²) in [5.41, 5.74) is 0. The molecule has 0 bridgehead atoms. The molecule has 0 saturated carbocycles. The smallest absolute Gasteiger partial charge is 0.246 e. The van der Waals surface area contributed by atoms with Crippen LogP contribution in [0.2, 0.25) is 0 Å². The molecule has 7 heteroatoms. The van der Waals surface area contributed by atoms with Gasteiger partial charge in [0.05, 0.1) is 0 Å². The Bertz CT molecular complexity index is 510. The third-order valence-corrected chi connectivity index (χ3v) is 5.02. The highest BCUT2D eigenvalue weighted by molar-refractivity contribution is 7.89. The third-order valence-electron chi connectivity index (χ3n) is 3.09. The SMILES string of the molecule is CNc1ncccc1S(=O)(=O)N1CCN(C)CC1. The van der Waals surface area contributed by atoms with Gasteiger partial charge < -0.3 is 10.2 Å². The molecule has 6 nitrogen and oxygen atoms in total. The van der Waals surface area contributed by atoms with Gasteiger partial charge in [-0.15, -0.1) is 0 Å². The van der Waals surface area contributed by atoms with Gasteiger partial charge in [-0.25, -0.2) is 13.4 Å². The Morgan fingerprint density at radius 1 is 1.28 bits per heavy atom. The van der Waals surface area contributed by atoms with Crippen LogP contribution in [0.15, 0.2) is 23.2 Å². The van der Waals surface area contributed by atoms with Gasteiger partial charge in [-0.1, -0.05) is 0 Å². The van der Waals surface area contributed by atoms with E-state index in [0.29, 0.717) is 18.9 Å². The Labute approximate surface area is 108 Å². The average molecular weight is 270 g/mol. The predicted molar refractivity (Wildman–Crippen MR) is 70.0 cm³/mol. The van der Waals surface area contributed by atoms with Crippen molar-refractivity contribution < 1.29 is 8.42 Å². The van der Waals surface area contributed by atoms with Gasteiger partial charge in [0.15, 0.2) is 0 Å². The minimum Gasteiger partial charge on any atom is -0.372 e. The molecule has 2 heterocycles. The first kappa shape index (κ1) is 13.3. The zero-order valence-electron chi connectivity index (χ0n) is 10.6. The van der Waals surface area contributed by atoms with E-state index in [1.165, 1.54) is 4.31 Å². The Morgan fingerprint density at radius 3 is 2.56 bits per heavy atom. The number of nitrogens with one attached hydrogen (secondary N) is 1. The molecule has 0 spiro atoms. The average Bonchev–Trinajstić information content (AvgIpc) is 2.39. The maximum absolute atomic E-state index is 12.5. The van der Waals surface area contributed by atoms with Gasteiger partial charge in [0.1, 0.15) is 10.7 Å². The summed E-state index contributed by atoms with van der Waals surface area (Å²) in [6.45, 7) is 2.57. The topological polar surface area (TPSA) is 65.5 Å². The fourth-order valence-corrected chi connectivity index (χ4v) is 3.53. The van der Waals surface area contributed by atoms with Crippen molar-refractivity contribution in [3.05, 3.63) is 18.3 Å². The van der Waals surface area contributed by atoms with E-state index < -0.39 is 10.0 Å². The normalized spacial score (nSPS) is 18.8. The lowest BCUT2D eigenvalue weighted by molar-refractivity contribution is 0.222. The van der Waals surface area contributed by atoms with Crippen molar-refractivity contribution in [2.75, 3.05) is 45.6 Å². The Kier molecular flexibility index (Phi) is 3.84. The second-order valence-electron chi connectivity index (χ2n) is 4.31. The van der Waals surface area contributed by atoms with Crippen LogP contribution in [-0.4, -0.2) is 62.9 Å². The molecule has 2 rings (SSSR count). The second kappa shape index (κ2) is 5.21. The first-order valence-corrected chi connectivity index (χ1v) is 7.31. The summed E-state index contributed by atoms with van der Waals surface area (Å²) < 4.78 is 26.5. The molecule has 18 heavy (non-hydrogen) atoms. The van der Waals surface area contributed by atoms with Crippen molar-refractivity contribution in [2.24, 2.45) is 0 Å². The van der Waals surface area contributed by atoms with Crippen LogP contribution in [0.4, 0.5) is 5.82 Å². The zero-order valence-corrected chi connectivity index (χ0v) is 11.4. The number of likely N-dealkylation sites (N-methyl/N-ethyl adjacent to an activating group) is 1. The number of piperazine rings is 1. The van der Waals surface area contributed by atoms with Crippen LogP contribution in [0, 0.1) is 0 Å². The molecule has 100 valence electrons. The first-order chi connectivity index (χ1) is 8.55. The molecule has 0 atom stereocenters. The number of pyridine rings is 1. The molecule has 1 aromatic heterocycles. The van der Waals surface area contributed by atoms with E-state index in [9.17, 15) is 8.42 Å². The molecular formula is C11H18N4O2S. The van der Waals surface area contributed by atoms with Gasteiger partial charge in [0.25, 0.3) is 0 Å². The fraction of sp³-hybridized carbons (Fsp3) is 0.545. The number of aromatic nitrogens is 1. The van der Waals surface area contributed by atoms with Crippen LogP contribution in [0.1, 0.15) is 0 Å². The molecule has 1 aliphatic heterocycles. The number of sulfonamides is 1. The third kappa shape index (κ3) is 2.47. The highest BCUT2D eigenvalue weighted by atomic mass is 32.2. The van der Waals surface area contributed by atoms with Crippen LogP contribution in [0.5, 0.6) is 0 Å². The van der Waals surface area contributed by atoms with Crippen molar-refractivity contribution in [3.8, 4) is 0 Å². The van der Waals surface area contributed by atoms with Gasteiger partial charge in [-0.05, 0) is 19.2 Å². The van der Waals surface area contributed by atoms with E-state index in [4.69, 9.17) is 0 Å². The van der Waals surface area contributed by atoms with Gasteiger partial charge in [-0.2, -0.15) is 4.31 Å². The minimum atomic E-state index is -3.45. The lowest BCUT2D eigenvalue weighted by Crippen LogP contribution is -2.47. The van der Waals surface area contributed by atoms with E-state index in [-0.39, 0.29) is 4.90 Å². The van der Waals surface area contributed by atoms with Crippen LogP contribution < -0.4 is 5.32 Å². The van der Waals surface area contributed by atoms with Gasteiger partial charge in [-0.3, -0.25) is 0 Å². The standard InChI is InChI=1S/C11H18N4O2S/c1-12-11-10(4-3-5-13-11)18(16,17)15-8-6-14(2)7-9-15/h3-5H,6-9H2,1-2H3,(H,12,13). The van der Waals surface area contributed by atoms with E-state index in [2.05, 4.69) is 15.2 Å². The van der Waals surface area contributed by atoms with E-state index >= 15 is 0 Å². The van der Waals surface area contributed by atoms with Crippen molar-refractivity contribution in [3.63, 3.8) is 0 Å². The number of anilines is 1. The van der Waals surface area contributed by atoms with Crippen molar-refractivity contribution in [1.82, 2.24) is 14.2 Å². The molecule has 0 aromatic carbocycles.